The van der Waals surface area contributed by atoms with Crippen molar-refractivity contribution in [2.45, 2.75) is 33.0 Å². The molecule has 0 radical (unpaired) electrons. The van der Waals surface area contributed by atoms with Crippen LogP contribution in [0.3, 0.4) is 0 Å². The van der Waals surface area contributed by atoms with E-state index in [-0.39, 0.29) is 22.8 Å². The van der Waals surface area contributed by atoms with Crippen LogP contribution in [0.25, 0.3) is 0 Å². The maximum absolute atomic E-state index is 12.8. The second-order valence-electron chi connectivity index (χ2n) is 4.05. The first-order chi connectivity index (χ1) is 8.02. The predicted octanol–water partition coefficient (Wildman–Crippen LogP) is -0.0477. The van der Waals surface area contributed by atoms with Crippen molar-refractivity contribution in [2.24, 2.45) is 4.99 Å². The predicted molar refractivity (Wildman–Crippen MR) is 68.8 cm³/mol. The van der Waals surface area contributed by atoms with E-state index < -0.39 is 7.60 Å². The Morgan fingerprint density at radius 3 is 2.17 bits per heavy atom. The maximum atomic E-state index is 12.8. The molecule has 1 aliphatic heterocycles. The van der Waals surface area contributed by atoms with Crippen molar-refractivity contribution in [2.75, 3.05) is 20.3 Å². The van der Waals surface area contributed by atoms with Crippen LogP contribution in [0.2, 0.25) is 0 Å². The highest BCUT2D eigenvalue weighted by molar-refractivity contribution is 7.54. The summed E-state index contributed by atoms with van der Waals surface area (Å²) in [7, 11) is -1.16. The van der Waals surface area contributed by atoms with Gasteiger partial charge in [-0.2, -0.15) is 0 Å². The quantitative estimate of drug-likeness (QED) is 0.482. The molecule has 1 heterocycles. The standard InChI is InChI=1S/C11H22N2O3P.BrH/c1-5-11(13(4)9-8-12-10-13)17(14,15-6-2)16-7-3;/h8-11H,5-7H2,1-4H3;1H/q+1;/p-1. The third-order valence-electron chi connectivity index (χ3n) is 2.78. The number of halogens is 1. The minimum atomic E-state index is -3.11. The maximum Gasteiger partial charge on any atom is 0.388 e. The molecule has 0 fully saturated rings. The number of hydrogen-bond acceptors (Lipinski definition) is 4. The Hall–Kier alpha value is -0.0000000000000000555. The zero-order valence-corrected chi connectivity index (χ0v) is 13.9. The molecule has 5 nitrogen and oxygen atoms in total. The van der Waals surface area contributed by atoms with Gasteiger partial charge in [0.25, 0.3) is 0 Å². The molecule has 106 valence electrons. The van der Waals surface area contributed by atoms with E-state index in [2.05, 4.69) is 4.99 Å². The van der Waals surface area contributed by atoms with Crippen LogP contribution in [0.4, 0.5) is 0 Å². The number of nitrogens with zero attached hydrogens (tertiary/aromatic N) is 2. The molecule has 0 bridgehead atoms. The molecule has 0 saturated carbocycles. The molecular formula is C11H22BrN2O3P. The van der Waals surface area contributed by atoms with Gasteiger partial charge in [0.1, 0.15) is 6.20 Å². The van der Waals surface area contributed by atoms with Crippen molar-refractivity contribution in [3.05, 3.63) is 12.4 Å². The molecule has 0 saturated heterocycles. The average molecular weight is 341 g/mol. The normalized spacial score (nSPS) is 24.0. The summed E-state index contributed by atoms with van der Waals surface area (Å²) in [5, 5.41) is 0. The van der Waals surface area contributed by atoms with Crippen molar-refractivity contribution < 1.29 is 35.1 Å². The molecule has 7 heteroatoms. The summed E-state index contributed by atoms with van der Waals surface area (Å²) in [4.78, 5) is 4.07. The summed E-state index contributed by atoms with van der Waals surface area (Å²) < 4.78 is 24.0. The van der Waals surface area contributed by atoms with Crippen molar-refractivity contribution in [3.8, 4) is 0 Å². The molecule has 0 aromatic rings. The number of aliphatic imine (C=N–C) groups is 1. The molecular weight excluding hydrogens is 319 g/mol. The molecule has 0 amide bonds. The van der Waals surface area contributed by atoms with E-state index in [0.29, 0.717) is 24.1 Å². The van der Waals surface area contributed by atoms with Gasteiger partial charge in [-0.3, -0.25) is 4.57 Å². The van der Waals surface area contributed by atoms with Gasteiger partial charge in [0.05, 0.1) is 26.5 Å². The lowest BCUT2D eigenvalue weighted by molar-refractivity contribution is -0.771. The van der Waals surface area contributed by atoms with Crippen LogP contribution < -0.4 is 17.0 Å². The Bertz CT molecular complexity index is 338. The van der Waals surface area contributed by atoms with E-state index >= 15 is 0 Å². The molecule has 0 aromatic carbocycles. The highest BCUT2D eigenvalue weighted by Crippen LogP contribution is 2.57. The molecule has 0 aromatic heterocycles. The Morgan fingerprint density at radius 2 is 1.83 bits per heavy atom. The van der Waals surface area contributed by atoms with E-state index in [9.17, 15) is 4.57 Å². The Labute approximate surface area is 120 Å². The summed E-state index contributed by atoms with van der Waals surface area (Å²) in [6.07, 6.45) is 6.08. The van der Waals surface area contributed by atoms with Gasteiger partial charge in [-0.05, 0) is 13.8 Å². The van der Waals surface area contributed by atoms with Gasteiger partial charge in [-0.1, -0.05) is 6.92 Å². The Morgan fingerprint density at radius 1 is 1.28 bits per heavy atom. The highest BCUT2D eigenvalue weighted by atomic mass is 79.9. The van der Waals surface area contributed by atoms with Crippen LogP contribution in [0.1, 0.15) is 27.2 Å². The van der Waals surface area contributed by atoms with Gasteiger partial charge >= 0.3 is 7.60 Å². The molecule has 2 atom stereocenters. The van der Waals surface area contributed by atoms with Gasteiger partial charge in [-0.25, -0.2) is 9.48 Å². The molecule has 0 N–H and O–H groups in total. The first kappa shape index (κ1) is 18.0. The number of hydrogen-bond donors (Lipinski definition) is 0. The summed E-state index contributed by atoms with van der Waals surface area (Å²) in [6, 6.07) is 0. The summed E-state index contributed by atoms with van der Waals surface area (Å²) in [5.41, 5.74) is 0. The van der Waals surface area contributed by atoms with Crippen molar-refractivity contribution >= 4 is 13.9 Å². The van der Waals surface area contributed by atoms with Crippen LogP contribution in [-0.4, -0.2) is 36.9 Å². The molecule has 2 unspecified atom stereocenters. The van der Waals surface area contributed by atoms with Crippen LogP contribution in [-0.2, 0) is 13.6 Å². The van der Waals surface area contributed by atoms with E-state index in [0.717, 1.165) is 0 Å². The third kappa shape index (κ3) is 3.75. The zero-order chi connectivity index (χ0) is 12.9. The number of rotatable bonds is 7. The number of quaternary nitrogens is 1. The van der Waals surface area contributed by atoms with E-state index in [1.54, 1.807) is 12.5 Å². The lowest BCUT2D eigenvalue weighted by Crippen LogP contribution is -3.00. The lowest BCUT2D eigenvalue weighted by atomic mass is 10.4. The SMILES string of the molecule is CCOP(=O)(OCC)C(CC)[N+]1(C)C=CN=C1.[Br-]. The summed E-state index contributed by atoms with van der Waals surface area (Å²) in [6.45, 7) is 6.40. The molecule has 0 spiro atoms. The van der Waals surface area contributed by atoms with Gasteiger partial charge in [0.15, 0.2) is 12.1 Å². The monoisotopic (exact) mass is 340 g/mol. The molecule has 1 aliphatic rings. The zero-order valence-electron chi connectivity index (χ0n) is 11.4. The first-order valence-electron chi connectivity index (χ1n) is 5.98. The largest absolute Gasteiger partial charge is 1.00 e. The van der Waals surface area contributed by atoms with Crippen LogP contribution >= 0.6 is 7.60 Å². The lowest BCUT2D eigenvalue weighted by Gasteiger charge is -2.35. The van der Waals surface area contributed by atoms with E-state index in [1.807, 2.05) is 34.0 Å². The minimum Gasteiger partial charge on any atom is -1.00 e. The Kier molecular flexibility index (Phi) is 7.56. The van der Waals surface area contributed by atoms with E-state index in [1.165, 1.54) is 0 Å². The average Bonchev–Trinajstić information content (AvgIpc) is 2.67. The van der Waals surface area contributed by atoms with Gasteiger partial charge < -0.3 is 26.0 Å². The van der Waals surface area contributed by atoms with Crippen LogP contribution in [0, 0.1) is 0 Å². The minimum absolute atomic E-state index is 0. The first-order valence-corrected chi connectivity index (χ1v) is 7.60. The topological polar surface area (TPSA) is 47.9 Å². The molecule has 0 aliphatic carbocycles. The van der Waals surface area contributed by atoms with Crippen LogP contribution in [0.15, 0.2) is 17.4 Å². The third-order valence-corrected chi connectivity index (χ3v) is 5.61. The highest BCUT2D eigenvalue weighted by Gasteiger charge is 2.47. The molecule has 1 rings (SSSR count). The second kappa shape index (κ2) is 7.56. The second-order valence-corrected chi connectivity index (χ2v) is 6.24. The van der Waals surface area contributed by atoms with Gasteiger partial charge in [-0.15, -0.1) is 0 Å². The van der Waals surface area contributed by atoms with Gasteiger partial charge in [0, 0.05) is 6.42 Å². The summed E-state index contributed by atoms with van der Waals surface area (Å²) in [5.74, 6) is -0.245. The smallest absolute Gasteiger partial charge is 0.388 e. The van der Waals surface area contributed by atoms with Crippen molar-refractivity contribution in [1.29, 1.82) is 0 Å². The van der Waals surface area contributed by atoms with Crippen LogP contribution in [0.5, 0.6) is 0 Å². The fourth-order valence-corrected chi connectivity index (χ4v) is 4.40. The van der Waals surface area contributed by atoms with Gasteiger partial charge in [0.2, 0.25) is 0 Å². The van der Waals surface area contributed by atoms with E-state index in [4.69, 9.17) is 9.05 Å². The fraction of sp³-hybridized carbons (Fsp3) is 0.727. The van der Waals surface area contributed by atoms with Crippen molar-refractivity contribution in [1.82, 2.24) is 0 Å². The van der Waals surface area contributed by atoms with Crippen molar-refractivity contribution in [3.63, 3.8) is 0 Å². The fourth-order valence-electron chi connectivity index (χ4n) is 2.07. The molecule has 18 heavy (non-hydrogen) atoms. The summed E-state index contributed by atoms with van der Waals surface area (Å²) >= 11 is 0. The Balaban J connectivity index is 0.00000289.